The van der Waals surface area contributed by atoms with Gasteiger partial charge >= 0.3 is 0 Å². The van der Waals surface area contributed by atoms with Gasteiger partial charge in [0.05, 0.1) is 12.6 Å². The molecular weight excluding hydrogens is 455 g/mol. The number of benzene rings is 1. The first-order valence-electron chi connectivity index (χ1n) is 11.0. The molecule has 4 atom stereocenters. The van der Waals surface area contributed by atoms with E-state index < -0.39 is 69.9 Å². The summed E-state index contributed by atoms with van der Waals surface area (Å²) in [6.45, 7) is 0.606. The summed E-state index contributed by atoms with van der Waals surface area (Å²) in [5.41, 5.74) is -2.76. The zero-order valence-corrected chi connectivity index (χ0v) is 18.0. The molecule has 1 spiro atoms. The van der Waals surface area contributed by atoms with Crippen molar-refractivity contribution in [1.82, 2.24) is 14.8 Å². The molecule has 2 aromatic rings. The molecule has 0 bridgehead atoms. The van der Waals surface area contributed by atoms with Gasteiger partial charge in [0, 0.05) is 41.4 Å². The summed E-state index contributed by atoms with van der Waals surface area (Å²) < 4.78 is 49.2. The molecule has 1 saturated heterocycles. The fourth-order valence-corrected chi connectivity index (χ4v) is 5.63. The fourth-order valence-electron chi connectivity index (χ4n) is 5.63. The highest BCUT2D eigenvalue weighted by atomic mass is 19.1. The predicted molar refractivity (Wildman–Crippen MR) is 109 cm³/mol. The molecule has 0 radical (unpaired) electrons. The maximum atomic E-state index is 14.3. The highest BCUT2D eigenvalue weighted by Gasteiger charge is 2.72. The van der Waals surface area contributed by atoms with Crippen LogP contribution in [0.25, 0.3) is 0 Å². The largest absolute Gasteiger partial charge is 0.503 e. The predicted octanol–water partition coefficient (Wildman–Crippen LogP) is 1.94. The van der Waals surface area contributed by atoms with Gasteiger partial charge in [-0.25, -0.2) is 13.2 Å². The first-order valence-corrected chi connectivity index (χ1v) is 11.0. The molecule has 2 N–H and O–H groups in total. The summed E-state index contributed by atoms with van der Waals surface area (Å²) in [6.07, 6.45) is 3.37. The second kappa shape index (κ2) is 6.84. The number of carbonyl (C=O) groups excluding carboxylic acids is 2. The Balaban J connectivity index is 1.29. The molecule has 2 saturated carbocycles. The molecule has 4 aliphatic rings. The number of fused-ring (bicyclic) bond motifs is 3. The summed E-state index contributed by atoms with van der Waals surface area (Å²) in [6, 6.07) is 0.533. The number of nitrogens with one attached hydrogen (secondary N) is 1. The van der Waals surface area contributed by atoms with Crippen LogP contribution in [0.3, 0.4) is 0 Å². The van der Waals surface area contributed by atoms with Crippen LogP contribution in [0.15, 0.2) is 17.1 Å². The highest BCUT2D eigenvalue weighted by Crippen LogP contribution is 2.67. The second-order valence-corrected chi connectivity index (χ2v) is 9.45. The number of hydrogen-bond donors (Lipinski definition) is 2. The standard InChI is InChI=1S/C23H20F3N3O5/c1-9-12(24)4-13(25)10(17(9)26)6-27-21(32)11-7-28-8-16-29(22(33)18(28)20(31)19(11)30)14-5-23(14)3-2-15(23)34-16/h4,7,14-16,31H,2-3,5-6,8H2,1H3,(H,27,32)/t14-,15-,16-,23?/m1/s1. The van der Waals surface area contributed by atoms with Crippen LogP contribution in [-0.4, -0.2) is 44.8 Å². The third-order valence-corrected chi connectivity index (χ3v) is 7.77. The zero-order valence-electron chi connectivity index (χ0n) is 18.0. The van der Waals surface area contributed by atoms with E-state index in [1.54, 1.807) is 4.90 Å². The quantitative estimate of drug-likeness (QED) is 0.707. The molecule has 1 unspecified atom stereocenters. The van der Waals surface area contributed by atoms with Gasteiger partial charge in [0.1, 0.15) is 23.0 Å². The number of hydrogen-bond acceptors (Lipinski definition) is 5. The molecule has 2 aliphatic carbocycles. The molecule has 1 aromatic carbocycles. The maximum Gasteiger partial charge on any atom is 0.276 e. The molecular formula is C23H20F3N3O5. The fraction of sp³-hybridized carbons (Fsp3) is 0.435. The molecule has 3 heterocycles. The normalized spacial score (nSPS) is 28.3. The monoisotopic (exact) mass is 475 g/mol. The Morgan fingerprint density at radius 3 is 2.76 bits per heavy atom. The lowest BCUT2D eigenvalue weighted by Gasteiger charge is -2.50. The average Bonchev–Trinajstić information content (AvgIpc) is 3.55. The summed E-state index contributed by atoms with van der Waals surface area (Å²) >= 11 is 0. The van der Waals surface area contributed by atoms with E-state index in [4.69, 9.17) is 4.74 Å². The van der Waals surface area contributed by atoms with Crippen molar-refractivity contribution in [2.45, 2.75) is 57.6 Å². The number of aromatic nitrogens is 1. The van der Waals surface area contributed by atoms with Gasteiger partial charge in [-0.15, -0.1) is 0 Å². The lowest BCUT2D eigenvalue weighted by molar-refractivity contribution is -0.196. The van der Waals surface area contributed by atoms with Crippen LogP contribution in [0.2, 0.25) is 0 Å². The van der Waals surface area contributed by atoms with E-state index in [1.165, 1.54) is 4.57 Å². The van der Waals surface area contributed by atoms with Gasteiger partial charge < -0.3 is 24.6 Å². The van der Waals surface area contributed by atoms with Crippen molar-refractivity contribution in [1.29, 1.82) is 0 Å². The molecule has 34 heavy (non-hydrogen) atoms. The van der Waals surface area contributed by atoms with Gasteiger partial charge in [-0.3, -0.25) is 14.4 Å². The van der Waals surface area contributed by atoms with Crippen molar-refractivity contribution >= 4 is 11.8 Å². The van der Waals surface area contributed by atoms with E-state index >= 15 is 0 Å². The smallest absolute Gasteiger partial charge is 0.276 e. The molecule has 178 valence electrons. The van der Waals surface area contributed by atoms with Crippen molar-refractivity contribution < 1.29 is 32.6 Å². The molecule has 11 heteroatoms. The Kier molecular flexibility index (Phi) is 4.27. The molecule has 3 fully saturated rings. The van der Waals surface area contributed by atoms with Crippen molar-refractivity contribution in [3.8, 4) is 5.75 Å². The molecule has 6 rings (SSSR count). The summed E-state index contributed by atoms with van der Waals surface area (Å²) in [5, 5.41) is 12.8. The van der Waals surface area contributed by atoms with Crippen molar-refractivity contribution in [2.24, 2.45) is 5.41 Å². The third-order valence-electron chi connectivity index (χ3n) is 7.77. The Morgan fingerprint density at radius 2 is 2.06 bits per heavy atom. The van der Waals surface area contributed by atoms with E-state index in [1.807, 2.05) is 0 Å². The highest BCUT2D eigenvalue weighted by molar-refractivity contribution is 5.99. The molecule has 2 aliphatic heterocycles. The van der Waals surface area contributed by atoms with Gasteiger partial charge in [-0.1, -0.05) is 0 Å². The Hall–Kier alpha value is -3.34. The number of nitrogens with zero attached hydrogens (tertiary/aromatic N) is 2. The van der Waals surface area contributed by atoms with Crippen molar-refractivity contribution in [2.75, 3.05) is 0 Å². The minimum absolute atomic E-state index is 0.00662. The van der Waals surface area contributed by atoms with Gasteiger partial charge in [0.15, 0.2) is 17.7 Å². The van der Waals surface area contributed by atoms with E-state index in [0.717, 1.165) is 32.4 Å². The van der Waals surface area contributed by atoms with E-state index in [9.17, 15) is 32.7 Å². The first kappa shape index (κ1) is 21.2. The van der Waals surface area contributed by atoms with Crippen LogP contribution < -0.4 is 10.7 Å². The number of amides is 2. The third kappa shape index (κ3) is 2.67. The lowest BCUT2D eigenvalue weighted by Crippen LogP contribution is -2.61. The molecule has 2 amide bonds. The van der Waals surface area contributed by atoms with Crippen molar-refractivity contribution in [3.05, 3.63) is 62.3 Å². The van der Waals surface area contributed by atoms with E-state index in [-0.39, 0.29) is 29.8 Å². The summed E-state index contributed by atoms with van der Waals surface area (Å²) in [5.74, 6) is -5.78. The number of halogens is 3. The van der Waals surface area contributed by atoms with E-state index in [0.29, 0.717) is 6.07 Å². The Labute approximate surface area is 190 Å². The zero-order chi connectivity index (χ0) is 24.1. The molecule has 8 nitrogen and oxygen atoms in total. The second-order valence-electron chi connectivity index (χ2n) is 9.45. The summed E-state index contributed by atoms with van der Waals surface area (Å²) in [7, 11) is 0. The van der Waals surface area contributed by atoms with Crippen molar-refractivity contribution in [3.63, 3.8) is 0 Å². The number of ether oxygens (including phenoxy) is 1. The topological polar surface area (TPSA) is 101 Å². The Morgan fingerprint density at radius 1 is 1.29 bits per heavy atom. The minimum Gasteiger partial charge on any atom is -0.503 e. The van der Waals surface area contributed by atoms with Gasteiger partial charge in [0.25, 0.3) is 11.8 Å². The van der Waals surface area contributed by atoms with Crippen LogP contribution in [0.5, 0.6) is 5.75 Å². The lowest BCUT2D eigenvalue weighted by atomic mass is 9.76. The van der Waals surface area contributed by atoms with Crippen LogP contribution in [0, 0.1) is 29.8 Å². The van der Waals surface area contributed by atoms with Crippen LogP contribution in [-0.2, 0) is 17.8 Å². The van der Waals surface area contributed by atoms with Crippen LogP contribution in [0.1, 0.15) is 51.2 Å². The SMILES string of the molecule is Cc1c(F)cc(F)c(CNC(=O)c2cn3c(c(O)c2=O)C(=O)N2[C@@H](C3)O[C@@H]3CCC34C[C@@H]24)c1F. The number of rotatable bonds is 3. The van der Waals surface area contributed by atoms with Crippen LogP contribution >= 0.6 is 0 Å². The number of aromatic hydroxyl groups is 1. The average molecular weight is 475 g/mol. The first-order chi connectivity index (χ1) is 16.1. The Bertz CT molecular complexity index is 1360. The molecule has 1 aromatic heterocycles. The van der Waals surface area contributed by atoms with E-state index in [2.05, 4.69) is 5.32 Å². The van der Waals surface area contributed by atoms with Crippen LogP contribution in [0.4, 0.5) is 13.2 Å². The summed E-state index contributed by atoms with van der Waals surface area (Å²) in [4.78, 5) is 40.2. The number of pyridine rings is 1. The minimum atomic E-state index is -1.18. The van der Waals surface area contributed by atoms with Gasteiger partial charge in [0.2, 0.25) is 5.43 Å². The van der Waals surface area contributed by atoms with Gasteiger partial charge in [-0.2, -0.15) is 0 Å². The van der Waals surface area contributed by atoms with Gasteiger partial charge in [-0.05, 0) is 26.2 Å². The maximum absolute atomic E-state index is 14.3. The number of carbonyl (C=O) groups is 2.